The molecule has 1 heterocycles. The Balaban J connectivity index is 1.89. The number of aromatic nitrogens is 2. The third-order valence-corrected chi connectivity index (χ3v) is 3.57. The number of rotatable bonds is 10. The van der Waals surface area contributed by atoms with Crippen LogP contribution in [0.3, 0.4) is 0 Å². The maximum atomic E-state index is 5.34. The number of para-hydroxylation sites is 2. The van der Waals surface area contributed by atoms with Gasteiger partial charge in [0, 0.05) is 32.7 Å². The monoisotopic (exact) mass is 289 g/mol. The minimum absolute atomic E-state index is 0.807. The van der Waals surface area contributed by atoms with E-state index >= 15 is 0 Å². The van der Waals surface area contributed by atoms with Crippen LogP contribution < -0.4 is 5.32 Å². The molecule has 0 unspecified atom stereocenters. The number of ether oxygens (including phenoxy) is 1. The van der Waals surface area contributed by atoms with Gasteiger partial charge in [-0.15, -0.1) is 0 Å². The van der Waals surface area contributed by atoms with Gasteiger partial charge < -0.3 is 14.6 Å². The van der Waals surface area contributed by atoms with Crippen LogP contribution in [0.5, 0.6) is 0 Å². The van der Waals surface area contributed by atoms with Gasteiger partial charge in [0.25, 0.3) is 0 Å². The third-order valence-electron chi connectivity index (χ3n) is 3.57. The summed E-state index contributed by atoms with van der Waals surface area (Å²) >= 11 is 0. The summed E-state index contributed by atoms with van der Waals surface area (Å²) in [6.45, 7) is 8.85. The Morgan fingerprint density at radius 3 is 2.86 bits per heavy atom. The van der Waals surface area contributed by atoms with E-state index in [2.05, 4.69) is 41.1 Å². The van der Waals surface area contributed by atoms with Crippen LogP contribution >= 0.6 is 0 Å². The highest BCUT2D eigenvalue weighted by Crippen LogP contribution is 2.16. The average Bonchev–Trinajstić information content (AvgIpc) is 2.84. The number of nitrogens with one attached hydrogen (secondary N) is 1. The summed E-state index contributed by atoms with van der Waals surface area (Å²) in [5, 5.41) is 3.49. The molecule has 4 nitrogen and oxygen atoms in total. The predicted octanol–water partition coefficient (Wildman–Crippen LogP) is 3.01. The van der Waals surface area contributed by atoms with Gasteiger partial charge in [-0.05, 0) is 38.4 Å². The molecular formula is C17H27N3O. The Bertz CT molecular complexity index is 536. The van der Waals surface area contributed by atoms with Crippen LogP contribution in [0.4, 0.5) is 0 Å². The van der Waals surface area contributed by atoms with Crippen molar-refractivity contribution >= 4 is 11.0 Å². The summed E-state index contributed by atoms with van der Waals surface area (Å²) in [6.07, 6.45) is 3.24. The van der Waals surface area contributed by atoms with Gasteiger partial charge in [0.1, 0.15) is 5.82 Å². The molecule has 0 bridgehead atoms. The SMILES string of the molecule is CCCc1nc2ccccc2n1CCNCCCOCC. The summed E-state index contributed by atoms with van der Waals surface area (Å²) in [5.74, 6) is 1.20. The molecule has 0 atom stereocenters. The standard InChI is InChI=1S/C17H27N3O/c1-3-8-17-19-15-9-5-6-10-16(15)20(17)13-12-18-11-7-14-21-4-2/h5-6,9-10,18H,3-4,7-8,11-14H2,1-2H3. The Hall–Kier alpha value is -1.39. The molecule has 0 saturated carbocycles. The first-order valence-corrected chi connectivity index (χ1v) is 8.09. The quantitative estimate of drug-likeness (QED) is 0.683. The second-order valence-electron chi connectivity index (χ2n) is 5.22. The highest BCUT2D eigenvalue weighted by Gasteiger charge is 2.08. The van der Waals surface area contributed by atoms with Crippen LogP contribution in [-0.4, -0.2) is 35.9 Å². The lowest BCUT2D eigenvalue weighted by Gasteiger charge is -2.10. The van der Waals surface area contributed by atoms with Crippen molar-refractivity contribution in [3.05, 3.63) is 30.1 Å². The summed E-state index contributed by atoms with van der Waals surface area (Å²) < 4.78 is 7.69. The van der Waals surface area contributed by atoms with Crippen molar-refractivity contribution in [2.24, 2.45) is 0 Å². The zero-order valence-corrected chi connectivity index (χ0v) is 13.3. The molecule has 1 N–H and O–H groups in total. The van der Waals surface area contributed by atoms with Crippen LogP contribution in [0.2, 0.25) is 0 Å². The van der Waals surface area contributed by atoms with Gasteiger partial charge >= 0.3 is 0 Å². The smallest absolute Gasteiger partial charge is 0.109 e. The number of hydrogen-bond donors (Lipinski definition) is 1. The maximum Gasteiger partial charge on any atom is 0.109 e. The fourth-order valence-corrected chi connectivity index (χ4v) is 2.55. The summed E-state index contributed by atoms with van der Waals surface area (Å²) in [7, 11) is 0. The zero-order chi connectivity index (χ0) is 14.9. The molecule has 0 radical (unpaired) electrons. The molecule has 0 saturated heterocycles. The van der Waals surface area contributed by atoms with Crippen LogP contribution in [0.15, 0.2) is 24.3 Å². The normalized spacial score (nSPS) is 11.3. The molecule has 2 aromatic rings. The lowest BCUT2D eigenvalue weighted by molar-refractivity contribution is 0.145. The predicted molar refractivity (Wildman–Crippen MR) is 87.7 cm³/mol. The number of fused-ring (bicyclic) bond motifs is 1. The average molecular weight is 289 g/mol. The first kappa shape index (κ1) is 16.0. The molecule has 0 fully saturated rings. The molecule has 0 aliphatic rings. The van der Waals surface area contributed by atoms with Gasteiger partial charge in [0.2, 0.25) is 0 Å². The summed E-state index contributed by atoms with van der Waals surface area (Å²) in [4.78, 5) is 4.76. The van der Waals surface area contributed by atoms with Gasteiger partial charge in [-0.2, -0.15) is 0 Å². The van der Waals surface area contributed by atoms with E-state index in [0.717, 1.165) is 57.6 Å². The first-order valence-electron chi connectivity index (χ1n) is 8.09. The molecule has 0 aliphatic heterocycles. The minimum Gasteiger partial charge on any atom is -0.382 e. The number of benzene rings is 1. The van der Waals surface area contributed by atoms with Gasteiger partial charge in [0.05, 0.1) is 11.0 Å². The minimum atomic E-state index is 0.807. The molecule has 1 aromatic heterocycles. The number of nitrogens with zero attached hydrogens (tertiary/aromatic N) is 2. The van der Waals surface area contributed by atoms with Crippen LogP contribution in [0, 0.1) is 0 Å². The number of hydrogen-bond acceptors (Lipinski definition) is 3. The van der Waals surface area contributed by atoms with E-state index < -0.39 is 0 Å². The van der Waals surface area contributed by atoms with Crippen LogP contribution in [-0.2, 0) is 17.7 Å². The van der Waals surface area contributed by atoms with E-state index in [9.17, 15) is 0 Å². The molecule has 116 valence electrons. The van der Waals surface area contributed by atoms with E-state index in [0.29, 0.717) is 0 Å². The second kappa shape index (κ2) is 8.80. The van der Waals surface area contributed by atoms with Crippen molar-refractivity contribution in [2.45, 2.75) is 39.7 Å². The molecule has 0 amide bonds. The topological polar surface area (TPSA) is 39.1 Å². The summed E-state index contributed by atoms with van der Waals surface area (Å²) in [6, 6.07) is 8.41. The van der Waals surface area contributed by atoms with Crippen molar-refractivity contribution < 1.29 is 4.74 Å². The van der Waals surface area contributed by atoms with Gasteiger partial charge in [-0.25, -0.2) is 4.98 Å². The van der Waals surface area contributed by atoms with Crippen LogP contribution in [0.1, 0.15) is 32.5 Å². The Morgan fingerprint density at radius 2 is 2.05 bits per heavy atom. The molecule has 21 heavy (non-hydrogen) atoms. The zero-order valence-electron chi connectivity index (χ0n) is 13.3. The van der Waals surface area contributed by atoms with Crippen molar-refractivity contribution in [3.63, 3.8) is 0 Å². The molecule has 0 aliphatic carbocycles. The number of imidazole rings is 1. The lowest BCUT2D eigenvalue weighted by atomic mass is 10.3. The van der Waals surface area contributed by atoms with Crippen molar-refractivity contribution in [1.82, 2.24) is 14.9 Å². The Labute approximate surface area is 127 Å². The van der Waals surface area contributed by atoms with Crippen molar-refractivity contribution in [3.8, 4) is 0 Å². The van der Waals surface area contributed by atoms with E-state index in [4.69, 9.17) is 9.72 Å². The van der Waals surface area contributed by atoms with E-state index in [-0.39, 0.29) is 0 Å². The number of aryl methyl sites for hydroxylation is 1. The fourth-order valence-electron chi connectivity index (χ4n) is 2.55. The third kappa shape index (κ3) is 4.55. The van der Waals surface area contributed by atoms with Gasteiger partial charge in [0.15, 0.2) is 0 Å². The summed E-state index contributed by atoms with van der Waals surface area (Å²) in [5.41, 5.74) is 2.36. The highest BCUT2D eigenvalue weighted by atomic mass is 16.5. The van der Waals surface area contributed by atoms with Crippen molar-refractivity contribution in [1.29, 1.82) is 0 Å². The Kier molecular flexibility index (Phi) is 6.70. The van der Waals surface area contributed by atoms with Gasteiger partial charge in [-0.3, -0.25) is 0 Å². The van der Waals surface area contributed by atoms with E-state index in [1.807, 2.05) is 6.92 Å². The van der Waals surface area contributed by atoms with Crippen molar-refractivity contribution in [2.75, 3.05) is 26.3 Å². The molecular weight excluding hydrogens is 262 g/mol. The maximum absolute atomic E-state index is 5.34. The van der Waals surface area contributed by atoms with Gasteiger partial charge in [-0.1, -0.05) is 19.1 Å². The van der Waals surface area contributed by atoms with E-state index in [1.165, 1.54) is 11.3 Å². The molecule has 0 spiro atoms. The fraction of sp³-hybridized carbons (Fsp3) is 0.588. The molecule has 2 rings (SSSR count). The highest BCUT2D eigenvalue weighted by molar-refractivity contribution is 5.75. The Morgan fingerprint density at radius 1 is 1.19 bits per heavy atom. The van der Waals surface area contributed by atoms with E-state index in [1.54, 1.807) is 0 Å². The first-order chi connectivity index (χ1) is 10.4. The lowest BCUT2D eigenvalue weighted by Crippen LogP contribution is -2.22. The molecule has 1 aromatic carbocycles. The largest absolute Gasteiger partial charge is 0.382 e. The van der Waals surface area contributed by atoms with Crippen LogP contribution in [0.25, 0.3) is 11.0 Å². The second-order valence-corrected chi connectivity index (χ2v) is 5.22. The molecule has 4 heteroatoms.